The SMILES string of the molecule is CSCCC(NC(=O)C(CC(C)C)NC(=O)OC(C)(C)C)C(N)=O. The molecule has 4 N–H and O–H groups in total. The number of hydrogen-bond donors (Lipinski definition) is 3. The zero-order chi connectivity index (χ0) is 18.9. The van der Waals surface area contributed by atoms with E-state index in [1.807, 2.05) is 20.1 Å². The smallest absolute Gasteiger partial charge is 0.408 e. The Morgan fingerprint density at radius 1 is 1.12 bits per heavy atom. The highest BCUT2D eigenvalue weighted by Gasteiger charge is 2.27. The lowest BCUT2D eigenvalue weighted by atomic mass is 10.0. The van der Waals surface area contributed by atoms with Crippen molar-refractivity contribution in [2.24, 2.45) is 11.7 Å². The van der Waals surface area contributed by atoms with Crippen molar-refractivity contribution >= 4 is 29.7 Å². The largest absolute Gasteiger partial charge is 0.444 e. The molecule has 24 heavy (non-hydrogen) atoms. The van der Waals surface area contributed by atoms with E-state index in [1.54, 1.807) is 32.5 Å². The molecule has 0 aliphatic carbocycles. The summed E-state index contributed by atoms with van der Waals surface area (Å²) < 4.78 is 5.19. The maximum atomic E-state index is 12.5. The monoisotopic (exact) mass is 361 g/mol. The molecule has 0 aliphatic heterocycles. The first-order chi connectivity index (χ1) is 11.0. The van der Waals surface area contributed by atoms with Gasteiger partial charge in [-0.3, -0.25) is 9.59 Å². The van der Waals surface area contributed by atoms with Gasteiger partial charge in [0.15, 0.2) is 0 Å². The standard InChI is InChI=1S/C16H31N3O4S/c1-10(2)9-12(19-15(22)23-16(3,4)5)14(21)18-11(13(17)20)7-8-24-6/h10-12H,7-9H2,1-6H3,(H2,17,20)(H,18,21)(H,19,22). The quantitative estimate of drug-likeness (QED) is 0.578. The number of ether oxygens (including phenoxy) is 1. The zero-order valence-corrected chi connectivity index (χ0v) is 16.3. The van der Waals surface area contributed by atoms with Crippen LogP contribution in [0.1, 0.15) is 47.5 Å². The summed E-state index contributed by atoms with van der Waals surface area (Å²) in [6.45, 7) is 9.12. The van der Waals surface area contributed by atoms with E-state index in [1.165, 1.54) is 0 Å². The Balaban J connectivity index is 4.92. The third-order valence-corrected chi connectivity index (χ3v) is 3.63. The Hall–Kier alpha value is -1.44. The molecule has 0 saturated heterocycles. The third-order valence-electron chi connectivity index (χ3n) is 2.99. The first-order valence-electron chi connectivity index (χ1n) is 8.04. The fourth-order valence-electron chi connectivity index (χ4n) is 1.95. The second-order valence-electron chi connectivity index (χ2n) is 7.07. The number of nitrogens with one attached hydrogen (secondary N) is 2. The molecule has 2 atom stereocenters. The molecule has 0 heterocycles. The van der Waals surface area contributed by atoms with Crippen LogP contribution in [0.3, 0.4) is 0 Å². The van der Waals surface area contributed by atoms with Gasteiger partial charge in [0, 0.05) is 0 Å². The van der Waals surface area contributed by atoms with Crippen LogP contribution >= 0.6 is 11.8 Å². The number of hydrogen-bond acceptors (Lipinski definition) is 5. The van der Waals surface area contributed by atoms with Crippen molar-refractivity contribution in [3.05, 3.63) is 0 Å². The predicted octanol–water partition coefficient (Wildman–Crippen LogP) is 1.65. The van der Waals surface area contributed by atoms with Crippen LogP contribution in [0.2, 0.25) is 0 Å². The Kier molecular flexibility index (Phi) is 9.80. The van der Waals surface area contributed by atoms with Crippen LogP contribution in [0.15, 0.2) is 0 Å². The third kappa shape index (κ3) is 10.4. The van der Waals surface area contributed by atoms with E-state index >= 15 is 0 Å². The highest BCUT2D eigenvalue weighted by molar-refractivity contribution is 7.98. The van der Waals surface area contributed by atoms with Gasteiger partial charge in [-0.2, -0.15) is 11.8 Å². The van der Waals surface area contributed by atoms with Crippen LogP contribution in [0, 0.1) is 5.92 Å². The molecule has 0 aromatic carbocycles. The van der Waals surface area contributed by atoms with Crippen LogP contribution in [0.25, 0.3) is 0 Å². The number of nitrogens with two attached hydrogens (primary N) is 1. The van der Waals surface area contributed by atoms with E-state index in [4.69, 9.17) is 10.5 Å². The van der Waals surface area contributed by atoms with Gasteiger partial charge in [-0.05, 0) is 51.5 Å². The van der Waals surface area contributed by atoms with Gasteiger partial charge in [-0.1, -0.05) is 13.8 Å². The van der Waals surface area contributed by atoms with E-state index < -0.39 is 35.6 Å². The van der Waals surface area contributed by atoms with E-state index in [2.05, 4.69) is 10.6 Å². The highest BCUT2D eigenvalue weighted by Crippen LogP contribution is 2.10. The van der Waals surface area contributed by atoms with Crippen molar-refractivity contribution < 1.29 is 19.1 Å². The first-order valence-corrected chi connectivity index (χ1v) is 9.43. The summed E-state index contributed by atoms with van der Waals surface area (Å²) in [5.74, 6) is -0.145. The molecule has 3 amide bonds. The molecular weight excluding hydrogens is 330 g/mol. The zero-order valence-electron chi connectivity index (χ0n) is 15.5. The van der Waals surface area contributed by atoms with Crippen molar-refractivity contribution in [1.29, 1.82) is 0 Å². The van der Waals surface area contributed by atoms with Crippen LogP contribution in [0.4, 0.5) is 4.79 Å². The molecule has 0 fully saturated rings. The molecule has 140 valence electrons. The van der Waals surface area contributed by atoms with Gasteiger partial charge < -0.3 is 21.1 Å². The average Bonchev–Trinajstić information content (AvgIpc) is 2.39. The molecule has 0 aromatic rings. The number of carbonyl (C=O) groups is 3. The number of thioether (sulfide) groups is 1. The van der Waals surface area contributed by atoms with Crippen LogP contribution in [-0.2, 0) is 14.3 Å². The van der Waals surface area contributed by atoms with Crippen LogP contribution in [0.5, 0.6) is 0 Å². The second kappa shape index (κ2) is 10.4. The minimum absolute atomic E-state index is 0.175. The maximum Gasteiger partial charge on any atom is 0.408 e. The Morgan fingerprint density at radius 3 is 2.12 bits per heavy atom. The summed E-state index contributed by atoms with van der Waals surface area (Å²) in [6, 6.07) is -1.53. The van der Waals surface area contributed by atoms with Gasteiger partial charge in [0.1, 0.15) is 17.7 Å². The molecule has 0 radical (unpaired) electrons. The molecule has 8 heteroatoms. The normalized spacial score (nSPS) is 14.0. The van der Waals surface area contributed by atoms with E-state index in [9.17, 15) is 14.4 Å². The van der Waals surface area contributed by atoms with Gasteiger partial charge in [0.05, 0.1) is 0 Å². The Bertz CT molecular complexity index is 436. The van der Waals surface area contributed by atoms with Crippen molar-refractivity contribution in [1.82, 2.24) is 10.6 Å². The molecule has 0 saturated carbocycles. The Morgan fingerprint density at radius 2 is 1.71 bits per heavy atom. The fourth-order valence-corrected chi connectivity index (χ4v) is 2.42. The van der Waals surface area contributed by atoms with Crippen molar-refractivity contribution in [3.8, 4) is 0 Å². The molecule has 0 rings (SSSR count). The fraction of sp³-hybridized carbons (Fsp3) is 0.812. The van der Waals surface area contributed by atoms with E-state index in [-0.39, 0.29) is 5.92 Å². The summed E-state index contributed by atoms with van der Waals surface area (Å²) in [6.07, 6.45) is 2.12. The summed E-state index contributed by atoms with van der Waals surface area (Å²) in [4.78, 5) is 35.9. The Labute approximate surface area is 148 Å². The maximum absolute atomic E-state index is 12.5. The van der Waals surface area contributed by atoms with E-state index in [0.29, 0.717) is 18.6 Å². The van der Waals surface area contributed by atoms with Gasteiger partial charge in [0.2, 0.25) is 11.8 Å². The number of amides is 3. The lowest BCUT2D eigenvalue weighted by Crippen LogP contribution is -2.54. The van der Waals surface area contributed by atoms with Crippen molar-refractivity contribution in [3.63, 3.8) is 0 Å². The van der Waals surface area contributed by atoms with E-state index in [0.717, 1.165) is 0 Å². The summed E-state index contributed by atoms with van der Waals surface area (Å²) in [5.41, 5.74) is 4.68. The van der Waals surface area contributed by atoms with Crippen molar-refractivity contribution in [2.75, 3.05) is 12.0 Å². The summed E-state index contributed by atoms with van der Waals surface area (Å²) in [7, 11) is 0. The number of alkyl carbamates (subject to hydrolysis) is 1. The predicted molar refractivity (Wildman–Crippen MR) is 96.7 cm³/mol. The minimum atomic E-state index is -0.782. The van der Waals surface area contributed by atoms with Gasteiger partial charge >= 0.3 is 6.09 Å². The van der Waals surface area contributed by atoms with Crippen LogP contribution < -0.4 is 16.4 Å². The molecule has 2 unspecified atom stereocenters. The first kappa shape index (κ1) is 22.6. The molecule has 0 bridgehead atoms. The van der Waals surface area contributed by atoms with Crippen molar-refractivity contribution in [2.45, 2.75) is 65.1 Å². The molecule has 0 aromatic heterocycles. The summed E-state index contributed by atoms with van der Waals surface area (Å²) >= 11 is 1.56. The molecule has 7 nitrogen and oxygen atoms in total. The number of rotatable bonds is 9. The lowest BCUT2D eigenvalue weighted by Gasteiger charge is -2.25. The lowest BCUT2D eigenvalue weighted by molar-refractivity contribution is -0.128. The minimum Gasteiger partial charge on any atom is -0.444 e. The number of carbonyl (C=O) groups excluding carboxylic acids is 3. The molecule has 0 spiro atoms. The van der Waals surface area contributed by atoms with Gasteiger partial charge in [-0.15, -0.1) is 0 Å². The molecule has 0 aliphatic rings. The second-order valence-corrected chi connectivity index (χ2v) is 8.06. The van der Waals surface area contributed by atoms with Crippen LogP contribution in [-0.4, -0.2) is 47.6 Å². The summed E-state index contributed by atoms with van der Waals surface area (Å²) in [5, 5.41) is 5.20. The average molecular weight is 362 g/mol. The van der Waals surface area contributed by atoms with Gasteiger partial charge in [0.25, 0.3) is 0 Å². The topological polar surface area (TPSA) is 111 Å². The van der Waals surface area contributed by atoms with Gasteiger partial charge in [-0.25, -0.2) is 4.79 Å². The number of primary amides is 1. The highest BCUT2D eigenvalue weighted by atomic mass is 32.2. The molecular formula is C16H31N3O4S.